The number of hydrogen-bond acceptors (Lipinski definition) is 3. The number of hydrogen-bond donors (Lipinski definition) is 1. The maximum Gasteiger partial charge on any atom is 0.433 e. The van der Waals surface area contributed by atoms with E-state index in [1.165, 1.54) is 34.5 Å². The Labute approximate surface area is 168 Å². The lowest BCUT2D eigenvalue weighted by Crippen LogP contribution is -2.39. The van der Waals surface area contributed by atoms with Crippen molar-refractivity contribution >= 4 is 10.9 Å². The van der Waals surface area contributed by atoms with Gasteiger partial charge in [0.05, 0.1) is 5.54 Å². The zero-order valence-electron chi connectivity index (χ0n) is 16.8. The summed E-state index contributed by atoms with van der Waals surface area (Å²) in [6.45, 7) is 6.21. The second-order valence-electron chi connectivity index (χ2n) is 8.37. The van der Waals surface area contributed by atoms with Gasteiger partial charge in [-0.25, -0.2) is 0 Å². The maximum atomic E-state index is 12.9. The summed E-state index contributed by atoms with van der Waals surface area (Å²) in [5.74, 6) is 0. The topological polar surface area (TPSA) is 47.1 Å². The smallest absolute Gasteiger partial charge is 0.341 e. The molecule has 3 aromatic rings. The van der Waals surface area contributed by atoms with Crippen LogP contribution in [0.5, 0.6) is 0 Å². The van der Waals surface area contributed by atoms with Crippen LogP contribution in [0.25, 0.3) is 10.9 Å². The molecule has 0 saturated carbocycles. The maximum absolute atomic E-state index is 12.9. The Kier molecular flexibility index (Phi) is 4.70. The van der Waals surface area contributed by atoms with Gasteiger partial charge in [0.1, 0.15) is 5.69 Å². The van der Waals surface area contributed by atoms with E-state index in [9.17, 15) is 13.2 Å². The minimum absolute atomic E-state index is 0.461. The molecule has 0 amide bonds. The molecule has 2 N–H and O–H groups in total. The van der Waals surface area contributed by atoms with Crippen LogP contribution in [0.4, 0.5) is 13.2 Å². The Hall–Kier alpha value is -2.38. The van der Waals surface area contributed by atoms with Gasteiger partial charge < -0.3 is 15.2 Å². The van der Waals surface area contributed by atoms with Gasteiger partial charge in [0.2, 0.25) is 0 Å². The number of halogens is 3. The zero-order valence-corrected chi connectivity index (χ0v) is 16.8. The molecule has 1 aromatic carbocycles. The number of likely N-dealkylation sites (N-methyl/N-ethyl adjacent to an activating group) is 1. The van der Waals surface area contributed by atoms with Gasteiger partial charge in [-0.05, 0) is 56.6 Å². The quantitative estimate of drug-likeness (QED) is 0.713. The molecule has 29 heavy (non-hydrogen) atoms. The van der Waals surface area contributed by atoms with Crippen molar-refractivity contribution in [3.63, 3.8) is 0 Å². The van der Waals surface area contributed by atoms with Crippen molar-refractivity contribution < 1.29 is 13.2 Å². The first kappa shape index (κ1) is 19.9. The molecule has 1 atom stereocenters. The van der Waals surface area contributed by atoms with E-state index in [-0.39, 0.29) is 0 Å². The monoisotopic (exact) mass is 402 g/mol. The molecule has 0 aliphatic carbocycles. The molecule has 2 aromatic heterocycles. The van der Waals surface area contributed by atoms with E-state index >= 15 is 0 Å². The Morgan fingerprint density at radius 1 is 1.17 bits per heavy atom. The number of aromatic nitrogens is 2. The van der Waals surface area contributed by atoms with E-state index in [0.29, 0.717) is 12.1 Å². The van der Waals surface area contributed by atoms with Crippen molar-refractivity contribution in [3.05, 3.63) is 64.6 Å². The number of alkyl halides is 3. The average molecular weight is 402 g/mol. The van der Waals surface area contributed by atoms with Crippen molar-refractivity contribution in [1.82, 2.24) is 14.5 Å². The minimum Gasteiger partial charge on any atom is -0.341 e. The minimum atomic E-state index is -4.46. The third-order valence-corrected chi connectivity index (χ3v) is 5.81. The first-order valence-corrected chi connectivity index (χ1v) is 9.68. The molecule has 0 radical (unpaired) electrons. The molecule has 0 spiro atoms. The van der Waals surface area contributed by atoms with Gasteiger partial charge >= 0.3 is 6.18 Å². The predicted molar refractivity (Wildman–Crippen MR) is 107 cm³/mol. The average Bonchev–Trinajstić information content (AvgIpc) is 2.93. The molecular formula is C22H25F3N4. The summed E-state index contributed by atoms with van der Waals surface area (Å²) < 4.78 is 40.8. The summed E-state index contributed by atoms with van der Waals surface area (Å²) in [5, 5.41) is 1.24. The lowest BCUT2D eigenvalue weighted by Gasteiger charge is -2.30. The highest BCUT2D eigenvalue weighted by Gasteiger charge is 2.33. The normalized spacial score (nSPS) is 17.3. The number of nitrogens with two attached hydrogens (primary N) is 1. The number of rotatable bonds is 3. The van der Waals surface area contributed by atoms with E-state index in [0.717, 1.165) is 31.1 Å². The second kappa shape index (κ2) is 6.85. The van der Waals surface area contributed by atoms with Crippen LogP contribution in [0.3, 0.4) is 0 Å². The van der Waals surface area contributed by atoms with Gasteiger partial charge in [-0.15, -0.1) is 0 Å². The van der Waals surface area contributed by atoms with Crippen molar-refractivity contribution in [3.8, 4) is 0 Å². The Morgan fingerprint density at radius 3 is 2.59 bits per heavy atom. The molecule has 3 heterocycles. The van der Waals surface area contributed by atoms with E-state index < -0.39 is 17.4 Å². The summed E-state index contributed by atoms with van der Waals surface area (Å²) in [5.41, 5.74) is 10.3. The predicted octanol–water partition coefficient (Wildman–Crippen LogP) is 4.23. The van der Waals surface area contributed by atoms with Gasteiger partial charge in [0, 0.05) is 42.4 Å². The molecule has 1 unspecified atom stereocenters. The molecule has 4 rings (SSSR count). The van der Waals surface area contributed by atoms with Crippen LogP contribution in [-0.4, -0.2) is 28.0 Å². The van der Waals surface area contributed by atoms with Crippen molar-refractivity contribution in [2.24, 2.45) is 5.73 Å². The van der Waals surface area contributed by atoms with Gasteiger partial charge in [-0.3, -0.25) is 4.98 Å². The second-order valence-corrected chi connectivity index (χ2v) is 8.37. The Morgan fingerprint density at radius 2 is 1.93 bits per heavy atom. The summed E-state index contributed by atoms with van der Waals surface area (Å²) in [7, 11) is 2.09. The van der Waals surface area contributed by atoms with Gasteiger partial charge in [0.15, 0.2) is 0 Å². The third-order valence-electron chi connectivity index (χ3n) is 5.81. The van der Waals surface area contributed by atoms with Crippen molar-refractivity contribution in [2.75, 3.05) is 13.6 Å². The summed E-state index contributed by atoms with van der Waals surface area (Å²) >= 11 is 0. The van der Waals surface area contributed by atoms with Gasteiger partial charge in [-0.2, -0.15) is 13.2 Å². The van der Waals surface area contributed by atoms with E-state index in [1.807, 2.05) is 6.92 Å². The number of nitrogens with zero attached hydrogens (tertiary/aromatic N) is 3. The fourth-order valence-corrected chi connectivity index (χ4v) is 4.19. The van der Waals surface area contributed by atoms with Crippen molar-refractivity contribution in [2.45, 2.75) is 45.1 Å². The molecule has 1 aliphatic rings. The zero-order chi connectivity index (χ0) is 21.0. The molecule has 154 valence electrons. The van der Waals surface area contributed by atoms with Crippen LogP contribution < -0.4 is 5.73 Å². The highest BCUT2D eigenvalue weighted by molar-refractivity contribution is 5.86. The molecule has 0 bridgehead atoms. The fraction of sp³-hybridized carbons (Fsp3) is 0.409. The molecule has 4 nitrogen and oxygen atoms in total. The molecular weight excluding hydrogens is 377 g/mol. The first-order chi connectivity index (χ1) is 13.6. The Balaban J connectivity index is 1.76. The largest absolute Gasteiger partial charge is 0.433 e. The van der Waals surface area contributed by atoms with Crippen LogP contribution in [0.1, 0.15) is 35.0 Å². The van der Waals surface area contributed by atoms with Crippen LogP contribution in [0.15, 0.2) is 36.5 Å². The lowest BCUT2D eigenvalue weighted by molar-refractivity contribution is -0.141. The standard InChI is InChI=1S/C22H25F3N4/c1-14-4-6-18-17(10-14)16-8-9-28(3)12-19(16)29(18)13-21(2,26)15-5-7-20(27-11-15)22(23,24)25/h4-7,10-11H,8-9,12-13,26H2,1-3H3. The molecule has 0 fully saturated rings. The van der Waals surface area contributed by atoms with Crippen LogP contribution in [-0.2, 0) is 31.2 Å². The molecule has 0 saturated heterocycles. The highest BCUT2D eigenvalue weighted by Crippen LogP contribution is 2.34. The van der Waals surface area contributed by atoms with E-state index in [1.54, 1.807) is 0 Å². The summed E-state index contributed by atoms with van der Waals surface area (Å²) in [4.78, 5) is 5.87. The Bertz CT molecular complexity index is 1050. The van der Waals surface area contributed by atoms with Gasteiger partial charge in [0.25, 0.3) is 0 Å². The summed E-state index contributed by atoms with van der Waals surface area (Å²) in [6, 6.07) is 8.85. The number of aryl methyl sites for hydroxylation is 1. The highest BCUT2D eigenvalue weighted by atomic mass is 19.4. The van der Waals surface area contributed by atoms with Gasteiger partial charge in [-0.1, -0.05) is 17.7 Å². The SMILES string of the molecule is Cc1ccc2c(c1)c1c(n2CC(C)(N)c2ccc(C(F)(F)F)nc2)CN(C)CC1. The van der Waals surface area contributed by atoms with Crippen LogP contribution >= 0.6 is 0 Å². The number of fused-ring (bicyclic) bond motifs is 3. The van der Waals surface area contributed by atoms with Crippen LogP contribution in [0, 0.1) is 6.92 Å². The third kappa shape index (κ3) is 3.65. The van der Waals surface area contributed by atoms with E-state index in [4.69, 9.17) is 5.73 Å². The number of pyridine rings is 1. The fourth-order valence-electron chi connectivity index (χ4n) is 4.19. The number of benzene rings is 1. The van der Waals surface area contributed by atoms with E-state index in [2.05, 4.69) is 46.6 Å². The molecule has 1 aliphatic heterocycles. The summed E-state index contributed by atoms with van der Waals surface area (Å²) in [6.07, 6.45) is -2.24. The lowest BCUT2D eigenvalue weighted by atomic mass is 9.94. The van der Waals surface area contributed by atoms with Crippen LogP contribution in [0.2, 0.25) is 0 Å². The molecule has 7 heteroatoms. The first-order valence-electron chi connectivity index (χ1n) is 9.68. The van der Waals surface area contributed by atoms with Crippen molar-refractivity contribution in [1.29, 1.82) is 0 Å².